The smallest absolute Gasteiger partial charge is 0.335 e. The van der Waals surface area contributed by atoms with Gasteiger partial charge in [0.25, 0.3) is 5.88 Å². The van der Waals surface area contributed by atoms with E-state index in [4.69, 9.17) is 26.1 Å². The minimum Gasteiger partial charge on any atom is -0.478 e. The number of carboxylic acid groups (broad SMARTS) is 1. The highest BCUT2D eigenvalue weighted by molar-refractivity contribution is 6.30. The molecule has 0 spiro atoms. The van der Waals surface area contributed by atoms with Crippen LogP contribution in [0.4, 0.5) is 14.7 Å². The van der Waals surface area contributed by atoms with E-state index in [1.165, 1.54) is 18.2 Å². The summed E-state index contributed by atoms with van der Waals surface area (Å²) in [6.07, 6.45) is 2.84. The molecule has 41 heavy (non-hydrogen) atoms. The largest absolute Gasteiger partial charge is 0.478 e. The van der Waals surface area contributed by atoms with Crippen LogP contribution >= 0.6 is 11.6 Å². The number of fused-ring (bicyclic) bond motifs is 1. The number of rotatable bonds is 10. The molecule has 0 amide bonds. The molecule has 2 N–H and O–H groups in total. The Kier molecular flexibility index (Phi) is 7.69. The van der Waals surface area contributed by atoms with Crippen LogP contribution in [0.1, 0.15) is 34.6 Å². The van der Waals surface area contributed by atoms with Crippen molar-refractivity contribution in [1.82, 2.24) is 24.4 Å². The molecule has 2 aromatic carbocycles. The van der Waals surface area contributed by atoms with Gasteiger partial charge in [-0.2, -0.15) is 9.37 Å². The molecule has 2 unspecified atom stereocenters. The molecule has 2 aliphatic heterocycles. The number of benzene rings is 2. The summed E-state index contributed by atoms with van der Waals surface area (Å²) in [6, 6.07) is 9.13. The van der Waals surface area contributed by atoms with Crippen LogP contribution in [0.3, 0.4) is 0 Å². The number of hydrogen-bond acceptors (Lipinski definition) is 8. The van der Waals surface area contributed by atoms with Crippen molar-refractivity contribution in [2.24, 2.45) is 0 Å². The lowest BCUT2D eigenvalue weighted by molar-refractivity contribution is -0.0591. The predicted molar refractivity (Wildman–Crippen MR) is 146 cm³/mol. The van der Waals surface area contributed by atoms with E-state index in [0.29, 0.717) is 19.6 Å². The zero-order valence-corrected chi connectivity index (χ0v) is 22.7. The number of anilines is 1. The highest BCUT2D eigenvalue weighted by Crippen LogP contribution is 2.25. The molecule has 0 saturated carbocycles. The zero-order chi connectivity index (χ0) is 28.5. The number of carboxylic acids is 1. The maximum absolute atomic E-state index is 14.3. The first-order valence-corrected chi connectivity index (χ1v) is 13.6. The normalized spacial score (nSPS) is 18.9. The second kappa shape index (κ2) is 11.6. The third-order valence-corrected chi connectivity index (χ3v) is 7.55. The van der Waals surface area contributed by atoms with Crippen LogP contribution in [0.25, 0.3) is 11.0 Å². The quantitative estimate of drug-likeness (QED) is 0.278. The van der Waals surface area contributed by atoms with Gasteiger partial charge in [0, 0.05) is 36.3 Å². The standard InChI is InChI=1S/C28H27ClF2N6O4/c29-18-3-1-17(21(30)10-18)15-41-26-22(31)11-32-28(35-26)33-19-5-7-36(12-19)14-25-34-23-4-2-16(27(38)39)9-24(23)37(25)13-20-6-8-40-20/h1-4,9-11,19-20H,5-8,12-15H2,(H,38,39)(H,32,33,35). The average molecular weight is 585 g/mol. The maximum atomic E-state index is 14.3. The van der Waals surface area contributed by atoms with Crippen LogP contribution in [-0.4, -0.2) is 67.3 Å². The summed E-state index contributed by atoms with van der Waals surface area (Å²) in [5.74, 6) is -1.52. The summed E-state index contributed by atoms with van der Waals surface area (Å²) < 4.78 is 41.5. The summed E-state index contributed by atoms with van der Waals surface area (Å²) in [5.41, 5.74) is 1.95. The Balaban J connectivity index is 1.12. The molecule has 2 fully saturated rings. The van der Waals surface area contributed by atoms with Gasteiger partial charge in [-0.15, -0.1) is 0 Å². The third-order valence-electron chi connectivity index (χ3n) is 7.32. The van der Waals surface area contributed by atoms with Crippen molar-refractivity contribution in [2.75, 3.05) is 25.0 Å². The third kappa shape index (κ3) is 6.09. The van der Waals surface area contributed by atoms with E-state index in [1.807, 2.05) is 0 Å². The number of imidazole rings is 1. The number of likely N-dealkylation sites (tertiary alicyclic amines) is 1. The van der Waals surface area contributed by atoms with E-state index in [1.54, 1.807) is 18.2 Å². The molecule has 0 bridgehead atoms. The lowest BCUT2D eigenvalue weighted by Gasteiger charge is -2.28. The highest BCUT2D eigenvalue weighted by atomic mass is 35.5. The molecule has 2 atom stereocenters. The van der Waals surface area contributed by atoms with Gasteiger partial charge in [0.15, 0.2) is 0 Å². The van der Waals surface area contributed by atoms with E-state index >= 15 is 0 Å². The van der Waals surface area contributed by atoms with E-state index < -0.39 is 17.6 Å². The van der Waals surface area contributed by atoms with Gasteiger partial charge in [-0.3, -0.25) is 4.90 Å². The molecular formula is C28H27ClF2N6O4. The van der Waals surface area contributed by atoms with Gasteiger partial charge in [0.2, 0.25) is 11.8 Å². The molecule has 2 saturated heterocycles. The van der Waals surface area contributed by atoms with Crippen molar-refractivity contribution in [3.8, 4) is 5.88 Å². The highest BCUT2D eigenvalue weighted by Gasteiger charge is 2.27. The Hall–Kier alpha value is -3.87. The van der Waals surface area contributed by atoms with Gasteiger partial charge in [-0.05, 0) is 43.2 Å². The van der Waals surface area contributed by atoms with Crippen molar-refractivity contribution in [2.45, 2.75) is 44.7 Å². The van der Waals surface area contributed by atoms with Crippen LogP contribution in [0.2, 0.25) is 5.02 Å². The number of nitrogens with one attached hydrogen (secondary N) is 1. The molecular weight excluding hydrogens is 558 g/mol. The summed E-state index contributed by atoms with van der Waals surface area (Å²) in [4.78, 5) is 26.8. The average Bonchev–Trinajstić information content (AvgIpc) is 3.50. The first-order valence-electron chi connectivity index (χ1n) is 13.2. The number of carbonyl (C=O) groups is 1. The Morgan fingerprint density at radius 3 is 2.78 bits per heavy atom. The Bertz CT molecular complexity index is 1600. The van der Waals surface area contributed by atoms with Gasteiger partial charge in [0.1, 0.15) is 18.2 Å². The summed E-state index contributed by atoms with van der Waals surface area (Å²) in [6.45, 7) is 3.12. The van der Waals surface area contributed by atoms with Crippen molar-refractivity contribution < 1.29 is 28.2 Å². The molecule has 6 rings (SSSR count). The topological polar surface area (TPSA) is 115 Å². The number of aromatic nitrogens is 4. The molecule has 2 aliphatic rings. The van der Waals surface area contributed by atoms with E-state index in [0.717, 1.165) is 49.0 Å². The van der Waals surface area contributed by atoms with Gasteiger partial charge < -0.3 is 24.5 Å². The van der Waals surface area contributed by atoms with Crippen molar-refractivity contribution in [3.63, 3.8) is 0 Å². The lowest BCUT2D eigenvalue weighted by atomic mass is 10.1. The molecule has 2 aromatic heterocycles. The van der Waals surface area contributed by atoms with E-state index in [9.17, 15) is 18.7 Å². The fraction of sp³-hybridized carbons (Fsp3) is 0.357. The summed E-state index contributed by atoms with van der Waals surface area (Å²) >= 11 is 5.78. The van der Waals surface area contributed by atoms with Crippen molar-refractivity contribution in [3.05, 3.63) is 76.2 Å². The first-order chi connectivity index (χ1) is 19.8. The molecule has 10 nitrogen and oxygen atoms in total. The molecule has 214 valence electrons. The molecule has 0 radical (unpaired) electrons. The monoisotopic (exact) mass is 584 g/mol. The number of nitrogens with zero attached hydrogens (tertiary/aromatic N) is 5. The van der Waals surface area contributed by atoms with Crippen LogP contribution in [-0.2, 0) is 24.4 Å². The van der Waals surface area contributed by atoms with Gasteiger partial charge >= 0.3 is 5.97 Å². The predicted octanol–water partition coefficient (Wildman–Crippen LogP) is 4.51. The second-order valence-corrected chi connectivity index (χ2v) is 10.6. The summed E-state index contributed by atoms with van der Waals surface area (Å²) in [7, 11) is 0. The molecule has 4 heterocycles. The first kappa shape index (κ1) is 27.3. The number of ether oxygens (including phenoxy) is 2. The zero-order valence-electron chi connectivity index (χ0n) is 21.9. The van der Waals surface area contributed by atoms with Crippen LogP contribution < -0.4 is 10.1 Å². The second-order valence-electron chi connectivity index (χ2n) is 10.2. The number of aromatic carboxylic acids is 1. The van der Waals surface area contributed by atoms with Crippen molar-refractivity contribution in [1.29, 1.82) is 0 Å². The number of hydrogen-bond donors (Lipinski definition) is 2. The number of halogens is 3. The Morgan fingerprint density at radius 1 is 1.17 bits per heavy atom. The lowest BCUT2D eigenvalue weighted by Crippen LogP contribution is -2.33. The fourth-order valence-corrected chi connectivity index (χ4v) is 5.20. The minimum atomic E-state index is -0.983. The van der Waals surface area contributed by atoms with Crippen LogP contribution in [0, 0.1) is 11.6 Å². The maximum Gasteiger partial charge on any atom is 0.335 e. The molecule has 4 aromatic rings. The van der Waals surface area contributed by atoms with Gasteiger partial charge in [-0.25, -0.2) is 19.2 Å². The fourth-order valence-electron chi connectivity index (χ4n) is 5.05. The Morgan fingerprint density at radius 2 is 2.02 bits per heavy atom. The SMILES string of the molecule is O=C(O)c1ccc2nc(CN3CCC(Nc4ncc(F)c(OCc5ccc(Cl)cc5F)n4)C3)n(CC3CCO3)c2c1. The molecule has 13 heteroatoms. The summed E-state index contributed by atoms with van der Waals surface area (Å²) in [5, 5.41) is 13.0. The van der Waals surface area contributed by atoms with Crippen LogP contribution in [0.15, 0.2) is 42.6 Å². The van der Waals surface area contributed by atoms with Gasteiger partial charge in [0.05, 0.1) is 42.0 Å². The Labute approximate surface area is 238 Å². The van der Waals surface area contributed by atoms with Crippen LogP contribution in [0.5, 0.6) is 5.88 Å². The van der Waals surface area contributed by atoms with Gasteiger partial charge in [-0.1, -0.05) is 17.7 Å². The van der Waals surface area contributed by atoms with E-state index in [-0.39, 0.29) is 46.7 Å². The van der Waals surface area contributed by atoms with E-state index in [2.05, 4.69) is 24.8 Å². The molecule has 0 aliphatic carbocycles. The minimum absolute atomic E-state index is 0.00609. The van der Waals surface area contributed by atoms with Crippen molar-refractivity contribution >= 4 is 34.6 Å².